The first kappa shape index (κ1) is 11.9. The van der Waals surface area contributed by atoms with Crippen molar-refractivity contribution in [3.05, 3.63) is 66.2 Å². The van der Waals surface area contributed by atoms with Crippen molar-refractivity contribution in [1.29, 1.82) is 0 Å². The summed E-state index contributed by atoms with van der Waals surface area (Å²) in [7, 11) is 0. The van der Waals surface area contributed by atoms with Crippen LogP contribution in [0.2, 0.25) is 0 Å². The molecule has 0 atom stereocenters. The number of para-hydroxylation sites is 1. The van der Waals surface area contributed by atoms with E-state index in [9.17, 15) is 0 Å². The highest BCUT2D eigenvalue weighted by molar-refractivity contribution is 6.98. The van der Waals surface area contributed by atoms with Gasteiger partial charge < -0.3 is 9.47 Å². The zero-order chi connectivity index (χ0) is 14.7. The Bertz CT molecular complexity index is 903. The van der Waals surface area contributed by atoms with Gasteiger partial charge in [-0.15, -0.1) is 0 Å². The first-order valence-corrected chi connectivity index (χ1v) is 7.49. The molecule has 0 radical (unpaired) electrons. The van der Waals surface area contributed by atoms with Crippen molar-refractivity contribution in [1.82, 2.24) is 0 Å². The van der Waals surface area contributed by atoms with E-state index in [-0.39, 0.29) is 6.71 Å². The summed E-state index contributed by atoms with van der Waals surface area (Å²) in [5.41, 5.74) is 4.81. The topological polar surface area (TPSA) is 18.5 Å². The minimum Gasteiger partial charge on any atom is -0.458 e. The van der Waals surface area contributed by atoms with Gasteiger partial charge in [0, 0.05) is 5.46 Å². The highest BCUT2D eigenvalue weighted by atomic mass is 16.5. The molecule has 2 aliphatic rings. The van der Waals surface area contributed by atoms with Gasteiger partial charge in [0.05, 0.1) is 0 Å². The van der Waals surface area contributed by atoms with Crippen LogP contribution >= 0.6 is 0 Å². The molecule has 104 valence electrons. The molecule has 0 aromatic heterocycles. The Morgan fingerprint density at radius 2 is 1.36 bits per heavy atom. The van der Waals surface area contributed by atoms with Crippen LogP contribution in [-0.2, 0) is 0 Å². The predicted molar refractivity (Wildman–Crippen MR) is 88.9 cm³/mol. The van der Waals surface area contributed by atoms with Gasteiger partial charge in [0.25, 0.3) is 6.71 Å². The van der Waals surface area contributed by atoms with Crippen molar-refractivity contribution in [2.24, 2.45) is 0 Å². The summed E-state index contributed by atoms with van der Waals surface area (Å²) in [6.07, 6.45) is 0. The van der Waals surface area contributed by atoms with Gasteiger partial charge in [-0.2, -0.15) is 0 Å². The van der Waals surface area contributed by atoms with Crippen molar-refractivity contribution in [2.75, 3.05) is 0 Å². The van der Waals surface area contributed by atoms with Gasteiger partial charge in [-0.05, 0) is 42.1 Å². The lowest BCUT2D eigenvalue weighted by Gasteiger charge is -2.32. The summed E-state index contributed by atoms with van der Waals surface area (Å²) >= 11 is 0. The van der Waals surface area contributed by atoms with E-state index < -0.39 is 0 Å². The van der Waals surface area contributed by atoms with Crippen LogP contribution in [0.25, 0.3) is 0 Å². The number of ether oxygens (including phenoxy) is 2. The molecule has 0 saturated carbocycles. The van der Waals surface area contributed by atoms with Gasteiger partial charge >= 0.3 is 0 Å². The average molecular weight is 284 g/mol. The summed E-state index contributed by atoms with van der Waals surface area (Å²) in [5.74, 6) is 3.67. The summed E-state index contributed by atoms with van der Waals surface area (Å²) in [4.78, 5) is 0. The molecule has 0 N–H and O–H groups in total. The third kappa shape index (κ3) is 1.51. The second-order valence-corrected chi connectivity index (χ2v) is 5.88. The first-order chi connectivity index (χ1) is 10.8. The molecule has 0 fully saturated rings. The highest BCUT2D eigenvalue weighted by Crippen LogP contribution is 2.33. The van der Waals surface area contributed by atoms with Crippen LogP contribution in [0.1, 0.15) is 5.56 Å². The molecule has 2 nitrogen and oxygen atoms in total. The average Bonchev–Trinajstić information content (AvgIpc) is 2.55. The molecule has 22 heavy (non-hydrogen) atoms. The minimum absolute atomic E-state index is 0.180. The fourth-order valence-corrected chi connectivity index (χ4v) is 3.50. The van der Waals surface area contributed by atoms with E-state index in [0.717, 1.165) is 28.5 Å². The molecular weight excluding hydrogens is 271 g/mol. The third-order valence-corrected chi connectivity index (χ3v) is 4.46. The normalized spacial score (nSPS) is 13.4. The maximum Gasteiger partial charge on any atom is 0.260 e. The van der Waals surface area contributed by atoms with Gasteiger partial charge in [-0.25, -0.2) is 0 Å². The summed E-state index contributed by atoms with van der Waals surface area (Å²) in [6.45, 7) is 2.30. The molecule has 0 unspecified atom stereocenters. The fourth-order valence-electron chi connectivity index (χ4n) is 3.50. The lowest BCUT2D eigenvalue weighted by Crippen LogP contribution is -2.57. The number of aryl methyl sites for hydroxylation is 1. The second-order valence-electron chi connectivity index (χ2n) is 5.88. The molecule has 0 spiro atoms. The molecule has 0 saturated heterocycles. The number of benzene rings is 3. The van der Waals surface area contributed by atoms with E-state index in [1.807, 2.05) is 30.3 Å². The number of rotatable bonds is 0. The number of fused-ring (bicyclic) bond motifs is 4. The molecule has 0 bridgehead atoms. The zero-order valence-electron chi connectivity index (χ0n) is 12.2. The van der Waals surface area contributed by atoms with Gasteiger partial charge in [-0.3, -0.25) is 0 Å². The molecule has 3 aromatic rings. The molecule has 2 aliphatic heterocycles. The van der Waals surface area contributed by atoms with Crippen LogP contribution < -0.4 is 25.9 Å². The summed E-state index contributed by atoms with van der Waals surface area (Å²) in [6, 6.07) is 20.7. The number of hydrogen-bond acceptors (Lipinski definition) is 2. The van der Waals surface area contributed by atoms with Crippen LogP contribution in [0, 0.1) is 6.92 Å². The van der Waals surface area contributed by atoms with Gasteiger partial charge in [0.15, 0.2) is 0 Å². The third-order valence-electron chi connectivity index (χ3n) is 4.46. The van der Waals surface area contributed by atoms with Gasteiger partial charge in [0.1, 0.15) is 23.0 Å². The van der Waals surface area contributed by atoms with Crippen LogP contribution in [0.5, 0.6) is 23.0 Å². The summed E-state index contributed by atoms with van der Waals surface area (Å²) in [5, 5.41) is 0. The monoisotopic (exact) mass is 284 g/mol. The molecular formula is C19H13BO2. The van der Waals surface area contributed by atoms with Crippen molar-refractivity contribution in [3.8, 4) is 23.0 Å². The Labute approximate surface area is 129 Å². The van der Waals surface area contributed by atoms with Crippen LogP contribution in [0.3, 0.4) is 0 Å². The molecule has 2 heterocycles. The lowest BCUT2D eigenvalue weighted by atomic mass is 9.35. The van der Waals surface area contributed by atoms with Crippen LogP contribution in [0.4, 0.5) is 0 Å². The van der Waals surface area contributed by atoms with Crippen molar-refractivity contribution in [2.45, 2.75) is 6.92 Å². The van der Waals surface area contributed by atoms with Gasteiger partial charge in [0.2, 0.25) is 0 Å². The minimum atomic E-state index is 0.180. The number of hydrogen-bond donors (Lipinski definition) is 0. The molecule has 3 aromatic carbocycles. The van der Waals surface area contributed by atoms with E-state index in [1.54, 1.807) is 0 Å². The fraction of sp³-hybridized carbons (Fsp3) is 0.0526. The first-order valence-electron chi connectivity index (χ1n) is 7.49. The zero-order valence-corrected chi connectivity index (χ0v) is 12.2. The largest absolute Gasteiger partial charge is 0.458 e. The molecule has 0 amide bonds. The van der Waals surface area contributed by atoms with Crippen molar-refractivity contribution in [3.63, 3.8) is 0 Å². The van der Waals surface area contributed by atoms with E-state index in [4.69, 9.17) is 9.47 Å². The molecule has 3 heteroatoms. The Morgan fingerprint density at radius 1 is 0.682 bits per heavy atom. The quantitative estimate of drug-likeness (QED) is 0.407. The Balaban J connectivity index is 1.87. The highest BCUT2D eigenvalue weighted by Gasteiger charge is 2.39. The summed E-state index contributed by atoms with van der Waals surface area (Å²) < 4.78 is 12.2. The Morgan fingerprint density at radius 3 is 2.18 bits per heavy atom. The lowest BCUT2D eigenvalue weighted by molar-refractivity contribution is 0.464. The van der Waals surface area contributed by atoms with E-state index in [2.05, 4.69) is 37.3 Å². The molecule has 0 aliphatic carbocycles. The maximum atomic E-state index is 6.11. The van der Waals surface area contributed by atoms with Crippen molar-refractivity contribution >= 4 is 23.1 Å². The van der Waals surface area contributed by atoms with E-state index in [0.29, 0.717) is 0 Å². The standard InChI is InChI=1S/C19H13BO2/c1-12-9-10-16-14(11-12)20-13-5-2-3-6-15(13)21-17-7-4-8-18(22-16)19(17)20/h2-11H,1H3. The van der Waals surface area contributed by atoms with E-state index in [1.165, 1.54) is 16.5 Å². The van der Waals surface area contributed by atoms with E-state index >= 15 is 0 Å². The smallest absolute Gasteiger partial charge is 0.260 e. The van der Waals surface area contributed by atoms with Gasteiger partial charge in [-0.1, -0.05) is 42.0 Å². The predicted octanol–water partition coefficient (Wildman–Crippen LogP) is 2.72. The van der Waals surface area contributed by atoms with Crippen molar-refractivity contribution < 1.29 is 9.47 Å². The van der Waals surface area contributed by atoms with Crippen LogP contribution in [-0.4, -0.2) is 6.71 Å². The Kier molecular flexibility index (Phi) is 2.26. The molecule has 5 rings (SSSR count). The maximum absolute atomic E-state index is 6.11. The SMILES string of the molecule is Cc1ccc2c(c1)B1c3ccccc3Oc3cccc(c31)O2. The second kappa shape index (κ2) is 4.17. The van der Waals surface area contributed by atoms with Crippen LogP contribution in [0.15, 0.2) is 60.7 Å². The Hall–Kier alpha value is -2.68.